The predicted molar refractivity (Wildman–Crippen MR) is 113 cm³/mol. The van der Waals surface area contributed by atoms with Gasteiger partial charge < -0.3 is 24.4 Å². The van der Waals surface area contributed by atoms with Gasteiger partial charge in [-0.1, -0.05) is 11.6 Å². The van der Waals surface area contributed by atoms with Gasteiger partial charge in [0.2, 0.25) is 0 Å². The van der Waals surface area contributed by atoms with E-state index in [4.69, 9.17) is 21.1 Å². The third-order valence-electron chi connectivity index (χ3n) is 5.28. The van der Waals surface area contributed by atoms with Crippen molar-refractivity contribution in [3.63, 3.8) is 0 Å². The van der Waals surface area contributed by atoms with Gasteiger partial charge in [0, 0.05) is 10.7 Å². The van der Waals surface area contributed by atoms with E-state index in [0.29, 0.717) is 13.2 Å². The lowest BCUT2D eigenvalue weighted by molar-refractivity contribution is -0.903. The third-order valence-corrected chi connectivity index (χ3v) is 5.88. The van der Waals surface area contributed by atoms with Gasteiger partial charge in [0.05, 0.1) is 33.3 Å². The van der Waals surface area contributed by atoms with Crippen molar-refractivity contribution in [2.75, 3.05) is 51.3 Å². The molecule has 0 bridgehead atoms. The highest BCUT2D eigenvalue weighted by molar-refractivity contribution is 6.32. The Morgan fingerprint density at radius 2 is 1.68 bits per heavy atom. The molecule has 152 valence electrons. The van der Waals surface area contributed by atoms with Crippen LogP contribution >= 0.6 is 11.6 Å². The molecule has 0 radical (unpaired) electrons. The van der Waals surface area contributed by atoms with Gasteiger partial charge in [-0.15, -0.1) is 0 Å². The van der Waals surface area contributed by atoms with Crippen molar-refractivity contribution in [3.8, 4) is 11.5 Å². The van der Waals surface area contributed by atoms with Gasteiger partial charge in [-0.2, -0.15) is 0 Å². The first kappa shape index (κ1) is 20.8. The van der Waals surface area contributed by atoms with Crippen LogP contribution in [0.5, 0.6) is 11.5 Å². The molecule has 0 amide bonds. The van der Waals surface area contributed by atoms with Gasteiger partial charge in [-0.25, -0.2) is 0 Å². The number of quaternary nitrogens is 1. The van der Waals surface area contributed by atoms with E-state index < -0.39 is 6.10 Å². The summed E-state index contributed by atoms with van der Waals surface area (Å²) in [4.78, 5) is 3.79. The number of anilines is 1. The van der Waals surface area contributed by atoms with Gasteiger partial charge in [0.15, 0.2) is 0 Å². The molecule has 1 aliphatic heterocycles. The number of hydrogen-bond acceptors (Lipinski definition) is 4. The molecule has 0 aliphatic carbocycles. The third kappa shape index (κ3) is 5.31. The number of nitrogens with zero attached hydrogens (tertiary/aromatic N) is 1. The van der Waals surface area contributed by atoms with E-state index in [1.165, 1.54) is 10.6 Å². The Hall–Kier alpha value is -1.95. The van der Waals surface area contributed by atoms with E-state index in [-0.39, 0.29) is 0 Å². The lowest BCUT2D eigenvalue weighted by Crippen LogP contribution is -3.16. The fraction of sp³-hybridized carbons (Fsp3) is 0.455. The SMILES string of the molecule is COc1ccc(N2CC[NH+](C[C@@H](O)COc3cc(C)c(Cl)c(C)c3)CC2)cc1. The van der Waals surface area contributed by atoms with Gasteiger partial charge in [0.1, 0.15) is 30.8 Å². The van der Waals surface area contributed by atoms with Crippen molar-refractivity contribution in [1.82, 2.24) is 0 Å². The van der Waals surface area contributed by atoms with Crippen molar-refractivity contribution in [2.45, 2.75) is 20.0 Å². The lowest BCUT2D eigenvalue weighted by Gasteiger charge is -2.34. The molecule has 1 aliphatic rings. The van der Waals surface area contributed by atoms with E-state index in [0.717, 1.165) is 53.8 Å². The number of piperazine rings is 1. The molecule has 1 atom stereocenters. The summed E-state index contributed by atoms with van der Waals surface area (Å²) in [5, 5.41) is 11.2. The first-order valence-corrected chi connectivity index (χ1v) is 10.1. The zero-order chi connectivity index (χ0) is 20.1. The second kappa shape index (κ2) is 9.50. The molecule has 0 unspecified atom stereocenters. The molecule has 1 fully saturated rings. The van der Waals surface area contributed by atoms with Crippen LogP contribution in [0.1, 0.15) is 11.1 Å². The molecular formula is C22H30ClN2O3+. The van der Waals surface area contributed by atoms with Crippen molar-refractivity contribution in [3.05, 3.63) is 52.5 Å². The van der Waals surface area contributed by atoms with Crippen LogP contribution in [0, 0.1) is 13.8 Å². The molecule has 0 saturated carbocycles. The molecule has 28 heavy (non-hydrogen) atoms. The maximum atomic E-state index is 10.4. The standard InChI is InChI=1S/C22H29ClN2O3/c1-16-12-21(13-17(2)22(16)23)28-15-19(26)14-24-8-10-25(11-9-24)18-4-6-20(27-3)7-5-18/h4-7,12-13,19,26H,8-11,14-15H2,1-3H3/p+1/t19-/m1/s1. The molecule has 2 N–H and O–H groups in total. The number of aliphatic hydroxyl groups is 1. The number of halogens is 1. The number of ether oxygens (including phenoxy) is 2. The van der Waals surface area contributed by atoms with Crippen LogP contribution in [0.4, 0.5) is 5.69 Å². The van der Waals surface area contributed by atoms with Gasteiger partial charge in [-0.3, -0.25) is 0 Å². The van der Waals surface area contributed by atoms with Gasteiger partial charge >= 0.3 is 0 Å². The maximum Gasteiger partial charge on any atom is 0.137 e. The van der Waals surface area contributed by atoms with Crippen LogP contribution < -0.4 is 19.3 Å². The minimum absolute atomic E-state index is 0.298. The summed E-state index contributed by atoms with van der Waals surface area (Å²) in [7, 11) is 1.68. The minimum Gasteiger partial charge on any atom is -0.497 e. The number of rotatable bonds is 7. The smallest absolute Gasteiger partial charge is 0.137 e. The molecule has 5 nitrogen and oxygen atoms in total. The van der Waals surface area contributed by atoms with Crippen LogP contribution in [0.25, 0.3) is 0 Å². The molecule has 0 spiro atoms. The average Bonchev–Trinajstić information content (AvgIpc) is 2.71. The average molecular weight is 406 g/mol. The highest BCUT2D eigenvalue weighted by Crippen LogP contribution is 2.25. The fourth-order valence-corrected chi connectivity index (χ4v) is 3.76. The Balaban J connectivity index is 1.44. The first-order chi connectivity index (χ1) is 13.5. The Bertz CT molecular complexity index is 751. The van der Waals surface area contributed by atoms with E-state index in [1.807, 2.05) is 38.1 Å². The molecule has 0 aromatic heterocycles. The normalized spacial score (nSPS) is 16.1. The van der Waals surface area contributed by atoms with Gasteiger partial charge in [0.25, 0.3) is 0 Å². The van der Waals surface area contributed by atoms with Crippen molar-refractivity contribution < 1.29 is 19.5 Å². The van der Waals surface area contributed by atoms with E-state index in [1.54, 1.807) is 7.11 Å². The number of nitrogens with one attached hydrogen (secondary N) is 1. The first-order valence-electron chi connectivity index (χ1n) is 9.76. The van der Waals surface area contributed by atoms with Crippen LogP contribution in [0.3, 0.4) is 0 Å². The van der Waals surface area contributed by atoms with Crippen LogP contribution in [-0.2, 0) is 0 Å². The van der Waals surface area contributed by atoms with Crippen molar-refractivity contribution in [1.29, 1.82) is 0 Å². The molecule has 2 aromatic rings. The van der Waals surface area contributed by atoms with E-state index >= 15 is 0 Å². The van der Waals surface area contributed by atoms with Crippen LogP contribution in [-0.4, -0.2) is 57.7 Å². The highest BCUT2D eigenvalue weighted by Gasteiger charge is 2.23. The maximum absolute atomic E-state index is 10.4. The number of methoxy groups -OCH3 is 1. The number of aliphatic hydroxyl groups excluding tert-OH is 1. The topological polar surface area (TPSA) is 46.4 Å². The van der Waals surface area contributed by atoms with Crippen molar-refractivity contribution >= 4 is 17.3 Å². The molecule has 2 aromatic carbocycles. The number of hydrogen-bond donors (Lipinski definition) is 2. The Morgan fingerprint density at radius 1 is 1.07 bits per heavy atom. The Morgan fingerprint density at radius 3 is 2.25 bits per heavy atom. The summed E-state index contributed by atoms with van der Waals surface area (Å²) in [5.41, 5.74) is 3.20. The zero-order valence-electron chi connectivity index (χ0n) is 16.9. The summed E-state index contributed by atoms with van der Waals surface area (Å²) in [6.45, 7) is 8.88. The molecule has 1 saturated heterocycles. The summed E-state index contributed by atoms with van der Waals surface area (Å²) in [5.74, 6) is 1.64. The molecule has 6 heteroatoms. The monoisotopic (exact) mass is 405 g/mol. The largest absolute Gasteiger partial charge is 0.497 e. The minimum atomic E-state index is -0.487. The van der Waals surface area contributed by atoms with E-state index in [2.05, 4.69) is 17.0 Å². The molecule has 3 rings (SSSR count). The second-order valence-corrected chi connectivity index (χ2v) is 7.85. The number of aryl methyl sites for hydroxylation is 2. The van der Waals surface area contributed by atoms with Crippen molar-refractivity contribution in [2.24, 2.45) is 0 Å². The summed E-state index contributed by atoms with van der Waals surface area (Å²) < 4.78 is 11.0. The Labute approximate surface area is 172 Å². The summed E-state index contributed by atoms with van der Waals surface area (Å²) in [6, 6.07) is 12.0. The quantitative estimate of drug-likeness (QED) is 0.740. The molecule has 1 heterocycles. The Kier molecular flexibility index (Phi) is 7.05. The highest BCUT2D eigenvalue weighted by atomic mass is 35.5. The van der Waals surface area contributed by atoms with Crippen LogP contribution in [0.2, 0.25) is 5.02 Å². The fourth-order valence-electron chi connectivity index (χ4n) is 3.65. The second-order valence-electron chi connectivity index (χ2n) is 7.48. The summed E-state index contributed by atoms with van der Waals surface area (Å²) >= 11 is 6.19. The lowest BCUT2D eigenvalue weighted by atomic mass is 10.1. The predicted octanol–water partition coefficient (Wildman–Crippen LogP) is 2.11. The van der Waals surface area contributed by atoms with E-state index in [9.17, 15) is 5.11 Å². The number of benzene rings is 2. The molecular weight excluding hydrogens is 376 g/mol. The van der Waals surface area contributed by atoms with Crippen LogP contribution in [0.15, 0.2) is 36.4 Å². The van der Waals surface area contributed by atoms with Gasteiger partial charge in [-0.05, 0) is 61.4 Å². The summed E-state index contributed by atoms with van der Waals surface area (Å²) in [6.07, 6.45) is -0.487. The zero-order valence-corrected chi connectivity index (χ0v) is 17.6.